The fourth-order valence-electron chi connectivity index (χ4n) is 4.84. The average molecular weight is 401 g/mol. The van der Waals surface area contributed by atoms with Crippen molar-refractivity contribution in [2.24, 2.45) is 13.0 Å². The molecule has 0 bridgehead atoms. The van der Waals surface area contributed by atoms with Gasteiger partial charge >= 0.3 is 6.09 Å². The third-order valence-electron chi connectivity index (χ3n) is 6.22. The van der Waals surface area contributed by atoms with Gasteiger partial charge in [0.15, 0.2) is 0 Å². The topological polar surface area (TPSA) is 76.5 Å². The zero-order valence-electron chi connectivity index (χ0n) is 15.5. The number of nitrogens with zero attached hydrogens (tertiary/aromatic N) is 3. The second-order valence-corrected chi connectivity index (χ2v) is 8.42. The van der Waals surface area contributed by atoms with Gasteiger partial charge in [0.25, 0.3) is 5.91 Å². The summed E-state index contributed by atoms with van der Waals surface area (Å²) in [5.41, 5.74) is 2.33. The first-order chi connectivity index (χ1) is 13.5. The van der Waals surface area contributed by atoms with Crippen LogP contribution in [0.3, 0.4) is 0 Å². The summed E-state index contributed by atoms with van der Waals surface area (Å²) in [4.78, 5) is 30.6. The summed E-state index contributed by atoms with van der Waals surface area (Å²) >= 11 is 6.28. The lowest BCUT2D eigenvalue weighted by Gasteiger charge is -2.44. The molecule has 3 aliphatic rings. The van der Waals surface area contributed by atoms with Gasteiger partial charge in [-0.1, -0.05) is 29.8 Å². The normalized spacial score (nSPS) is 28.3. The molecule has 0 radical (unpaired) electrons. The molecule has 1 unspecified atom stereocenters. The van der Waals surface area contributed by atoms with Gasteiger partial charge in [0.2, 0.25) is 0 Å². The summed E-state index contributed by atoms with van der Waals surface area (Å²) in [5.74, 6) is 0.372. The zero-order chi connectivity index (χ0) is 19.5. The van der Waals surface area contributed by atoms with Gasteiger partial charge in [0.05, 0.1) is 24.6 Å². The van der Waals surface area contributed by atoms with E-state index in [0.717, 1.165) is 29.7 Å². The number of ether oxygens (including phenoxy) is 1. The SMILES string of the molecule is Cn1cnc(Cl)c1CC1c2ccccc2C(=O)N1CC1CC2(CNC(=O)O2)C1. The Morgan fingerprint density at radius 2 is 2.11 bits per heavy atom. The molecule has 2 fully saturated rings. The molecular formula is C20H21ClN4O3. The minimum Gasteiger partial charge on any atom is -0.441 e. The van der Waals surface area contributed by atoms with Crippen LogP contribution in [0.2, 0.25) is 5.15 Å². The Bertz CT molecular complexity index is 947. The average Bonchev–Trinajstić information content (AvgIpc) is 3.27. The van der Waals surface area contributed by atoms with Gasteiger partial charge in [-0.25, -0.2) is 9.78 Å². The molecular weight excluding hydrogens is 380 g/mol. The molecule has 8 heteroatoms. The highest BCUT2D eigenvalue weighted by Gasteiger charge is 2.52. The number of aromatic nitrogens is 2. The maximum atomic E-state index is 13.1. The number of aryl methyl sites for hydroxylation is 1. The number of rotatable bonds is 4. The number of hydrogen-bond acceptors (Lipinski definition) is 4. The number of benzene rings is 1. The van der Waals surface area contributed by atoms with Gasteiger partial charge in [-0.05, 0) is 30.4 Å². The minimum atomic E-state index is -0.377. The van der Waals surface area contributed by atoms with Crippen LogP contribution in [0, 0.1) is 5.92 Å². The van der Waals surface area contributed by atoms with Crippen molar-refractivity contribution in [1.82, 2.24) is 19.8 Å². The van der Waals surface area contributed by atoms with Crippen molar-refractivity contribution in [1.29, 1.82) is 0 Å². The molecule has 1 aromatic heterocycles. The van der Waals surface area contributed by atoms with E-state index in [2.05, 4.69) is 10.3 Å². The largest absolute Gasteiger partial charge is 0.441 e. The third-order valence-corrected chi connectivity index (χ3v) is 6.54. The summed E-state index contributed by atoms with van der Waals surface area (Å²) in [6, 6.07) is 7.71. The lowest BCUT2D eigenvalue weighted by Crippen LogP contribution is -2.51. The molecule has 1 saturated heterocycles. The van der Waals surface area contributed by atoms with Crippen LogP contribution in [0.1, 0.15) is 40.5 Å². The lowest BCUT2D eigenvalue weighted by atomic mass is 9.70. The lowest BCUT2D eigenvalue weighted by molar-refractivity contribution is -0.0555. The van der Waals surface area contributed by atoms with E-state index in [4.69, 9.17) is 16.3 Å². The number of carbonyl (C=O) groups excluding carboxylic acids is 2. The van der Waals surface area contributed by atoms with Crippen molar-refractivity contribution < 1.29 is 14.3 Å². The maximum Gasteiger partial charge on any atom is 0.407 e. The van der Waals surface area contributed by atoms with E-state index in [1.54, 1.807) is 6.33 Å². The predicted molar refractivity (Wildman–Crippen MR) is 102 cm³/mol. The van der Waals surface area contributed by atoms with Crippen molar-refractivity contribution in [2.75, 3.05) is 13.1 Å². The number of fused-ring (bicyclic) bond motifs is 1. The Kier molecular flexibility index (Phi) is 3.91. The second kappa shape index (κ2) is 6.24. The molecule has 1 saturated carbocycles. The van der Waals surface area contributed by atoms with Gasteiger partial charge in [0.1, 0.15) is 10.8 Å². The van der Waals surface area contributed by atoms with Crippen LogP contribution in [0.15, 0.2) is 30.6 Å². The fraction of sp³-hybridized carbons (Fsp3) is 0.450. The van der Waals surface area contributed by atoms with E-state index in [9.17, 15) is 9.59 Å². The summed E-state index contributed by atoms with van der Waals surface area (Å²) in [6.07, 6.45) is 3.54. The van der Waals surface area contributed by atoms with Crippen molar-refractivity contribution in [2.45, 2.75) is 30.9 Å². The van der Waals surface area contributed by atoms with Crippen molar-refractivity contribution in [3.05, 3.63) is 52.6 Å². The standard InChI is InChI=1S/C20H21ClN4O3/c1-24-11-23-17(21)16(24)6-15-13-4-2-3-5-14(13)18(26)25(15)9-12-7-20(8-12)10-22-19(27)28-20/h2-5,11-12,15H,6-10H2,1H3,(H,22,27). The number of hydrogen-bond donors (Lipinski definition) is 1. The highest BCUT2D eigenvalue weighted by Crippen LogP contribution is 2.45. The number of carbonyl (C=O) groups is 2. The van der Waals surface area contributed by atoms with Crippen molar-refractivity contribution >= 4 is 23.6 Å². The Balaban J connectivity index is 1.38. The Labute approximate surface area is 167 Å². The quantitative estimate of drug-likeness (QED) is 0.856. The van der Waals surface area contributed by atoms with E-state index in [0.29, 0.717) is 30.6 Å². The van der Waals surface area contributed by atoms with Crippen LogP contribution < -0.4 is 5.32 Å². The Morgan fingerprint density at radius 1 is 1.32 bits per heavy atom. The van der Waals surface area contributed by atoms with Crippen molar-refractivity contribution in [3.63, 3.8) is 0 Å². The van der Waals surface area contributed by atoms with E-state index >= 15 is 0 Å². The summed E-state index contributed by atoms with van der Waals surface area (Å²) in [7, 11) is 1.92. The number of amides is 2. The van der Waals surface area contributed by atoms with Gasteiger partial charge in [-0.3, -0.25) is 4.79 Å². The molecule has 2 aromatic rings. The van der Waals surface area contributed by atoms with Crippen LogP contribution in [-0.4, -0.2) is 45.1 Å². The molecule has 2 amide bonds. The number of halogens is 1. The van der Waals surface area contributed by atoms with Crippen LogP contribution in [0.5, 0.6) is 0 Å². The van der Waals surface area contributed by atoms with Gasteiger partial charge in [0, 0.05) is 25.6 Å². The Hall–Kier alpha value is -2.54. The first-order valence-corrected chi connectivity index (χ1v) is 9.86. The monoisotopic (exact) mass is 400 g/mol. The van der Waals surface area contributed by atoms with Gasteiger partial charge in [-0.15, -0.1) is 0 Å². The highest BCUT2D eigenvalue weighted by molar-refractivity contribution is 6.30. The summed E-state index contributed by atoms with van der Waals surface area (Å²) in [5, 5.41) is 3.21. The Morgan fingerprint density at radius 3 is 2.79 bits per heavy atom. The highest BCUT2D eigenvalue weighted by atomic mass is 35.5. The molecule has 2 aliphatic heterocycles. The summed E-state index contributed by atoms with van der Waals surface area (Å²) in [6.45, 7) is 1.21. The van der Waals surface area contributed by atoms with Crippen LogP contribution >= 0.6 is 11.6 Å². The fourth-order valence-corrected chi connectivity index (χ4v) is 5.10. The smallest absolute Gasteiger partial charge is 0.407 e. The summed E-state index contributed by atoms with van der Waals surface area (Å²) < 4.78 is 7.34. The van der Waals surface area contributed by atoms with E-state index < -0.39 is 0 Å². The first-order valence-electron chi connectivity index (χ1n) is 9.48. The minimum absolute atomic E-state index is 0.0568. The van der Waals surface area contributed by atoms with Crippen LogP contribution in [-0.2, 0) is 18.2 Å². The van der Waals surface area contributed by atoms with E-state index in [1.165, 1.54) is 0 Å². The molecule has 5 rings (SSSR count). The van der Waals surface area contributed by atoms with Crippen LogP contribution in [0.25, 0.3) is 0 Å². The second-order valence-electron chi connectivity index (χ2n) is 8.06. The number of imidazole rings is 1. The molecule has 1 atom stereocenters. The van der Waals surface area contributed by atoms with Crippen molar-refractivity contribution in [3.8, 4) is 0 Å². The third kappa shape index (κ3) is 2.68. The maximum absolute atomic E-state index is 13.1. The van der Waals surface area contributed by atoms with E-state index in [1.807, 2.05) is 40.8 Å². The molecule has 1 aliphatic carbocycles. The molecule has 1 spiro atoms. The first kappa shape index (κ1) is 17.6. The molecule has 146 valence electrons. The number of alkyl carbamates (subject to hydrolysis) is 1. The molecule has 1 N–H and O–H groups in total. The number of nitrogens with one attached hydrogen (secondary N) is 1. The molecule has 28 heavy (non-hydrogen) atoms. The molecule has 7 nitrogen and oxygen atoms in total. The zero-order valence-corrected chi connectivity index (χ0v) is 16.3. The molecule has 3 heterocycles. The van der Waals surface area contributed by atoms with E-state index in [-0.39, 0.29) is 23.6 Å². The van der Waals surface area contributed by atoms with Gasteiger partial charge in [-0.2, -0.15) is 0 Å². The van der Waals surface area contributed by atoms with Crippen LogP contribution in [0.4, 0.5) is 4.79 Å². The predicted octanol–water partition coefficient (Wildman–Crippen LogP) is 2.70. The van der Waals surface area contributed by atoms with Gasteiger partial charge < -0.3 is 19.5 Å². The molecule has 1 aromatic carbocycles.